The summed E-state index contributed by atoms with van der Waals surface area (Å²) in [5.41, 5.74) is 0.373. The van der Waals surface area contributed by atoms with Crippen LogP contribution < -0.4 is 10.0 Å². The summed E-state index contributed by atoms with van der Waals surface area (Å²) >= 11 is 0. The molecule has 2 rings (SSSR count). The molecule has 0 spiro atoms. The summed E-state index contributed by atoms with van der Waals surface area (Å²) in [5, 5.41) is 4.98. The highest BCUT2D eigenvalue weighted by atomic mass is 32.2. The number of benzene rings is 1. The summed E-state index contributed by atoms with van der Waals surface area (Å²) in [6, 6.07) is 5.39. The zero-order valence-corrected chi connectivity index (χ0v) is 11.2. The Labute approximate surface area is 111 Å². The minimum atomic E-state index is -3.77. The molecule has 1 aliphatic heterocycles. The molecule has 1 fully saturated rings. The number of imide groups is 1. The van der Waals surface area contributed by atoms with E-state index in [2.05, 4.69) is 0 Å². The fraction of sp³-hybridized carbons (Fsp3) is 0.333. The van der Waals surface area contributed by atoms with E-state index < -0.39 is 10.0 Å². The van der Waals surface area contributed by atoms with Crippen LogP contribution in [0.15, 0.2) is 29.2 Å². The zero-order chi connectivity index (χ0) is 14.2. The third kappa shape index (κ3) is 2.52. The second kappa shape index (κ2) is 4.75. The molecule has 2 amide bonds. The summed E-state index contributed by atoms with van der Waals surface area (Å²) in [6.07, 6.45) is 0.808. The molecule has 0 bridgehead atoms. The molecule has 7 heteroatoms. The van der Waals surface area contributed by atoms with Gasteiger partial charge < -0.3 is 0 Å². The highest BCUT2D eigenvalue weighted by Gasteiger charge is 2.38. The number of carbonyl (C=O) groups excluding carboxylic acids is 2. The SMILES string of the molecule is CCC1CC(=O)N(c2ccc(S(N)(=O)=O)cc2)C1=O. The van der Waals surface area contributed by atoms with Crippen LogP contribution in [0.1, 0.15) is 19.8 Å². The first-order valence-electron chi connectivity index (χ1n) is 5.84. The van der Waals surface area contributed by atoms with Crippen molar-refractivity contribution in [3.8, 4) is 0 Å². The summed E-state index contributed by atoms with van der Waals surface area (Å²) in [6.45, 7) is 1.85. The molecule has 1 aromatic carbocycles. The number of primary sulfonamides is 1. The van der Waals surface area contributed by atoms with E-state index in [0.29, 0.717) is 12.1 Å². The van der Waals surface area contributed by atoms with Gasteiger partial charge >= 0.3 is 0 Å². The number of hydrogen-bond acceptors (Lipinski definition) is 4. The van der Waals surface area contributed by atoms with E-state index >= 15 is 0 Å². The summed E-state index contributed by atoms with van der Waals surface area (Å²) in [4.78, 5) is 24.8. The van der Waals surface area contributed by atoms with Crippen molar-refractivity contribution in [1.29, 1.82) is 0 Å². The number of amides is 2. The van der Waals surface area contributed by atoms with Gasteiger partial charge in [-0.15, -0.1) is 0 Å². The molecule has 19 heavy (non-hydrogen) atoms. The number of hydrogen-bond donors (Lipinski definition) is 1. The van der Waals surface area contributed by atoms with Gasteiger partial charge in [-0.25, -0.2) is 13.6 Å². The Balaban J connectivity index is 2.33. The predicted molar refractivity (Wildman–Crippen MR) is 68.7 cm³/mol. The van der Waals surface area contributed by atoms with Crippen LogP contribution in [0.3, 0.4) is 0 Å². The Bertz CT molecular complexity index is 622. The molecule has 6 nitrogen and oxygen atoms in total. The van der Waals surface area contributed by atoms with Crippen molar-refractivity contribution >= 4 is 27.5 Å². The van der Waals surface area contributed by atoms with Crippen LogP contribution in [-0.2, 0) is 19.6 Å². The summed E-state index contributed by atoms with van der Waals surface area (Å²) < 4.78 is 22.2. The lowest BCUT2D eigenvalue weighted by atomic mass is 10.1. The van der Waals surface area contributed by atoms with Gasteiger partial charge in [-0.2, -0.15) is 0 Å². The van der Waals surface area contributed by atoms with Crippen molar-refractivity contribution in [2.24, 2.45) is 11.1 Å². The molecular weight excluding hydrogens is 268 g/mol. The molecule has 1 unspecified atom stereocenters. The van der Waals surface area contributed by atoms with E-state index in [4.69, 9.17) is 5.14 Å². The van der Waals surface area contributed by atoms with Gasteiger partial charge in [0.1, 0.15) is 0 Å². The number of nitrogens with two attached hydrogens (primary N) is 1. The fourth-order valence-corrected chi connectivity index (χ4v) is 2.59. The third-order valence-electron chi connectivity index (χ3n) is 3.16. The number of nitrogens with zero attached hydrogens (tertiary/aromatic N) is 1. The molecule has 0 aromatic heterocycles. The summed E-state index contributed by atoms with van der Waals surface area (Å²) in [7, 11) is -3.77. The molecule has 1 saturated heterocycles. The van der Waals surface area contributed by atoms with Crippen molar-refractivity contribution in [1.82, 2.24) is 0 Å². The van der Waals surface area contributed by atoms with Crippen molar-refractivity contribution in [2.45, 2.75) is 24.7 Å². The zero-order valence-electron chi connectivity index (χ0n) is 10.4. The molecule has 1 aromatic rings. The summed E-state index contributed by atoms with van der Waals surface area (Å²) in [5.74, 6) is -0.790. The fourth-order valence-electron chi connectivity index (χ4n) is 2.07. The van der Waals surface area contributed by atoms with Gasteiger partial charge in [0.05, 0.1) is 10.6 Å². The first kappa shape index (κ1) is 13.7. The molecule has 1 atom stereocenters. The van der Waals surface area contributed by atoms with Crippen LogP contribution in [0.5, 0.6) is 0 Å². The van der Waals surface area contributed by atoms with Crippen molar-refractivity contribution in [3.63, 3.8) is 0 Å². The molecule has 1 aliphatic rings. The Hall–Kier alpha value is -1.73. The maximum Gasteiger partial charge on any atom is 0.238 e. The minimum absolute atomic E-state index is 0.0533. The topological polar surface area (TPSA) is 97.5 Å². The van der Waals surface area contributed by atoms with Crippen LogP contribution in [0.4, 0.5) is 5.69 Å². The van der Waals surface area contributed by atoms with E-state index in [1.807, 2.05) is 6.92 Å². The quantitative estimate of drug-likeness (QED) is 0.822. The van der Waals surface area contributed by atoms with E-state index in [1.54, 1.807) is 0 Å². The van der Waals surface area contributed by atoms with Gasteiger partial charge in [0, 0.05) is 12.3 Å². The van der Waals surface area contributed by atoms with Gasteiger partial charge in [0.25, 0.3) is 0 Å². The Morgan fingerprint density at radius 3 is 2.26 bits per heavy atom. The molecule has 102 valence electrons. The number of sulfonamides is 1. The monoisotopic (exact) mass is 282 g/mol. The molecule has 0 aliphatic carbocycles. The van der Waals surface area contributed by atoms with Gasteiger partial charge in [0.2, 0.25) is 21.8 Å². The first-order valence-corrected chi connectivity index (χ1v) is 7.39. The van der Waals surface area contributed by atoms with Crippen molar-refractivity contribution < 1.29 is 18.0 Å². The maximum absolute atomic E-state index is 12.0. The highest BCUT2D eigenvalue weighted by Crippen LogP contribution is 2.28. The Morgan fingerprint density at radius 2 is 1.84 bits per heavy atom. The van der Waals surface area contributed by atoms with E-state index in [0.717, 1.165) is 4.90 Å². The highest BCUT2D eigenvalue weighted by molar-refractivity contribution is 7.89. The standard InChI is InChI=1S/C12H14N2O4S/c1-2-8-7-11(15)14(12(8)16)9-3-5-10(6-4-9)19(13,17)18/h3-6,8H,2,7H2,1H3,(H2,13,17,18). The molecule has 2 N–H and O–H groups in total. The first-order chi connectivity index (χ1) is 8.84. The largest absolute Gasteiger partial charge is 0.274 e. The van der Waals surface area contributed by atoms with E-state index in [-0.39, 0.29) is 29.0 Å². The Kier molecular flexibility index (Phi) is 3.42. The minimum Gasteiger partial charge on any atom is -0.274 e. The van der Waals surface area contributed by atoms with Crippen LogP contribution in [-0.4, -0.2) is 20.2 Å². The van der Waals surface area contributed by atoms with Gasteiger partial charge in [0.15, 0.2) is 0 Å². The van der Waals surface area contributed by atoms with Crippen LogP contribution in [0.2, 0.25) is 0 Å². The lowest BCUT2D eigenvalue weighted by Gasteiger charge is -2.14. The lowest BCUT2D eigenvalue weighted by Crippen LogP contribution is -2.30. The van der Waals surface area contributed by atoms with Crippen LogP contribution in [0.25, 0.3) is 0 Å². The van der Waals surface area contributed by atoms with Gasteiger partial charge in [-0.05, 0) is 30.7 Å². The normalized spacial score (nSPS) is 20.1. The van der Waals surface area contributed by atoms with Gasteiger partial charge in [-0.1, -0.05) is 6.92 Å². The molecule has 0 saturated carbocycles. The maximum atomic E-state index is 12.0. The molecule has 1 heterocycles. The van der Waals surface area contributed by atoms with Crippen molar-refractivity contribution in [3.05, 3.63) is 24.3 Å². The lowest BCUT2D eigenvalue weighted by molar-refractivity contribution is -0.122. The molecular formula is C12H14N2O4S. The van der Waals surface area contributed by atoms with Gasteiger partial charge in [-0.3, -0.25) is 14.5 Å². The van der Waals surface area contributed by atoms with Crippen LogP contribution >= 0.6 is 0 Å². The Morgan fingerprint density at radius 1 is 1.26 bits per heavy atom. The number of anilines is 1. The van der Waals surface area contributed by atoms with Crippen LogP contribution in [0, 0.1) is 5.92 Å². The third-order valence-corrected chi connectivity index (χ3v) is 4.09. The van der Waals surface area contributed by atoms with E-state index in [1.165, 1.54) is 24.3 Å². The van der Waals surface area contributed by atoms with E-state index in [9.17, 15) is 18.0 Å². The smallest absolute Gasteiger partial charge is 0.238 e. The second-order valence-electron chi connectivity index (χ2n) is 4.42. The average molecular weight is 282 g/mol. The predicted octanol–water partition coefficient (Wildman–Crippen LogP) is 0.624. The molecule has 0 radical (unpaired) electrons. The average Bonchev–Trinajstić information content (AvgIpc) is 2.63. The second-order valence-corrected chi connectivity index (χ2v) is 5.98. The van der Waals surface area contributed by atoms with Crippen molar-refractivity contribution in [2.75, 3.05) is 4.90 Å². The number of rotatable bonds is 3. The number of carbonyl (C=O) groups is 2.